The van der Waals surface area contributed by atoms with Crippen LogP contribution in [0.5, 0.6) is 0 Å². The molecule has 1 aliphatic heterocycles. The smallest absolute Gasteiger partial charge is 0.0567 e. The van der Waals surface area contributed by atoms with E-state index < -0.39 is 0 Å². The van der Waals surface area contributed by atoms with Crippen LogP contribution in [-0.2, 0) is 6.42 Å². The first-order valence-electron chi connectivity index (χ1n) is 7.13. The number of aliphatic hydroxyl groups is 1. The molecule has 2 rings (SSSR count). The minimum Gasteiger partial charge on any atom is -0.393 e. The van der Waals surface area contributed by atoms with Gasteiger partial charge in [-0.1, -0.05) is 24.3 Å². The summed E-state index contributed by atoms with van der Waals surface area (Å²) in [6.07, 6.45) is 4.18. The van der Waals surface area contributed by atoms with Gasteiger partial charge >= 0.3 is 0 Å². The summed E-state index contributed by atoms with van der Waals surface area (Å²) >= 11 is 0. The molecule has 1 aromatic rings. The molecule has 18 heavy (non-hydrogen) atoms. The van der Waals surface area contributed by atoms with Crippen molar-refractivity contribution in [1.82, 2.24) is 4.90 Å². The molecule has 1 aliphatic rings. The van der Waals surface area contributed by atoms with Crippen molar-refractivity contribution in [2.75, 3.05) is 13.1 Å². The standard InChI is InChI=1S/C16H25NO/c1-13-6-3-4-7-15(13)8-5-10-17-11-9-16(18)12-14(17)2/h3-4,6-7,14,16,18H,5,8-12H2,1-2H3/t14-,16-/m0/s1. The minimum absolute atomic E-state index is 0.0763. The lowest BCUT2D eigenvalue weighted by molar-refractivity contribution is 0.0479. The van der Waals surface area contributed by atoms with Crippen LogP contribution in [0.4, 0.5) is 0 Å². The van der Waals surface area contributed by atoms with Crippen molar-refractivity contribution in [1.29, 1.82) is 0 Å². The highest BCUT2D eigenvalue weighted by molar-refractivity contribution is 5.25. The minimum atomic E-state index is -0.0763. The zero-order valence-electron chi connectivity index (χ0n) is 11.6. The molecule has 0 aliphatic carbocycles. The third kappa shape index (κ3) is 3.56. The highest BCUT2D eigenvalue weighted by Crippen LogP contribution is 2.18. The number of hydrogen-bond donors (Lipinski definition) is 1. The van der Waals surface area contributed by atoms with Gasteiger partial charge in [-0.3, -0.25) is 0 Å². The first-order valence-corrected chi connectivity index (χ1v) is 7.13. The van der Waals surface area contributed by atoms with E-state index in [1.165, 1.54) is 24.0 Å². The van der Waals surface area contributed by atoms with Crippen molar-refractivity contribution in [3.63, 3.8) is 0 Å². The Hall–Kier alpha value is -0.860. The Labute approximate surface area is 111 Å². The van der Waals surface area contributed by atoms with Gasteiger partial charge in [0.25, 0.3) is 0 Å². The van der Waals surface area contributed by atoms with E-state index >= 15 is 0 Å². The first-order chi connectivity index (χ1) is 8.66. The lowest BCUT2D eigenvalue weighted by Gasteiger charge is -2.35. The van der Waals surface area contributed by atoms with Gasteiger partial charge in [0.1, 0.15) is 0 Å². The van der Waals surface area contributed by atoms with E-state index in [0.717, 1.165) is 25.9 Å². The molecule has 1 aromatic carbocycles. The Bertz CT molecular complexity index is 377. The van der Waals surface area contributed by atoms with E-state index in [2.05, 4.69) is 43.0 Å². The second-order valence-electron chi connectivity index (χ2n) is 5.59. The van der Waals surface area contributed by atoms with Gasteiger partial charge in [-0.05, 0) is 57.2 Å². The average molecular weight is 247 g/mol. The molecule has 2 nitrogen and oxygen atoms in total. The summed E-state index contributed by atoms with van der Waals surface area (Å²) in [4.78, 5) is 2.52. The number of aliphatic hydroxyl groups excluding tert-OH is 1. The average Bonchev–Trinajstić information content (AvgIpc) is 2.34. The van der Waals surface area contributed by atoms with Crippen LogP contribution in [0.2, 0.25) is 0 Å². The highest BCUT2D eigenvalue weighted by Gasteiger charge is 2.23. The van der Waals surface area contributed by atoms with Crippen LogP contribution in [-0.4, -0.2) is 35.2 Å². The Kier molecular flexibility index (Phi) is 4.79. The van der Waals surface area contributed by atoms with E-state index in [0.29, 0.717) is 6.04 Å². The lowest BCUT2D eigenvalue weighted by atomic mass is 9.99. The van der Waals surface area contributed by atoms with Gasteiger partial charge in [-0.25, -0.2) is 0 Å². The van der Waals surface area contributed by atoms with Crippen LogP contribution in [0.25, 0.3) is 0 Å². The zero-order valence-corrected chi connectivity index (χ0v) is 11.6. The van der Waals surface area contributed by atoms with Crippen LogP contribution < -0.4 is 0 Å². The normalized spacial score (nSPS) is 25.3. The van der Waals surface area contributed by atoms with Gasteiger partial charge in [0.15, 0.2) is 0 Å². The maximum Gasteiger partial charge on any atom is 0.0567 e. The molecule has 100 valence electrons. The summed E-state index contributed by atoms with van der Waals surface area (Å²) in [5.41, 5.74) is 2.88. The van der Waals surface area contributed by atoms with Crippen LogP contribution in [0.1, 0.15) is 37.3 Å². The summed E-state index contributed by atoms with van der Waals surface area (Å²) in [5.74, 6) is 0. The largest absolute Gasteiger partial charge is 0.393 e. The highest BCUT2D eigenvalue weighted by atomic mass is 16.3. The Morgan fingerprint density at radius 3 is 2.83 bits per heavy atom. The molecule has 1 fully saturated rings. The van der Waals surface area contributed by atoms with Gasteiger partial charge in [0.05, 0.1) is 6.10 Å². The first kappa shape index (κ1) is 13.6. The summed E-state index contributed by atoms with van der Waals surface area (Å²) in [5, 5.41) is 9.61. The van der Waals surface area contributed by atoms with Crippen molar-refractivity contribution in [2.45, 2.75) is 51.7 Å². The van der Waals surface area contributed by atoms with Crippen molar-refractivity contribution < 1.29 is 5.11 Å². The summed E-state index contributed by atoms with van der Waals surface area (Å²) in [6.45, 7) is 6.63. The van der Waals surface area contributed by atoms with E-state index in [1.807, 2.05) is 0 Å². The molecule has 0 aromatic heterocycles. The monoisotopic (exact) mass is 247 g/mol. The lowest BCUT2D eigenvalue weighted by Crippen LogP contribution is -2.43. The maximum atomic E-state index is 9.61. The quantitative estimate of drug-likeness (QED) is 0.884. The van der Waals surface area contributed by atoms with E-state index in [1.54, 1.807) is 0 Å². The van der Waals surface area contributed by atoms with Gasteiger partial charge in [0, 0.05) is 12.6 Å². The Balaban J connectivity index is 1.77. The fourth-order valence-corrected chi connectivity index (χ4v) is 2.89. The Morgan fingerprint density at radius 1 is 1.33 bits per heavy atom. The van der Waals surface area contributed by atoms with Gasteiger partial charge in [-0.15, -0.1) is 0 Å². The molecule has 1 saturated heterocycles. The molecular formula is C16H25NO. The number of rotatable bonds is 4. The second-order valence-corrected chi connectivity index (χ2v) is 5.59. The van der Waals surface area contributed by atoms with Crippen molar-refractivity contribution in [2.24, 2.45) is 0 Å². The summed E-state index contributed by atoms with van der Waals surface area (Å²) in [7, 11) is 0. The zero-order chi connectivity index (χ0) is 13.0. The number of likely N-dealkylation sites (tertiary alicyclic amines) is 1. The fraction of sp³-hybridized carbons (Fsp3) is 0.625. The molecule has 0 radical (unpaired) electrons. The van der Waals surface area contributed by atoms with Crippen molar-refractivity contribution in [3.05, 3.63) is 35.4 Å². The third-order valence-electron chi connectivity index (χ3n) is 4.14. The molecular weight excluding hydrogens is 222 g/mol. The second kappa shape index (κ2) is 6.35. The van der Waals surface area contributed by atoms with E-state index in [9.17, 15) is 5.11 Å². The fourth-order valence-electron chi connectivity index (χ4n) is 2.89. The summed E-state index contributed by atoms with van der Waals surface area (Å²) in [6, 6.07) is 9.19. The van der Waals surface area contributed by atoms with E-state index in [4.69, 9.17) is 0 Å². The Morgan fingerprint density at radius 2 is 2.11 bits per heavy atom. The van der Waals surface area contributed by atoms with Crippen LogP contribution in [0.15, 0.2) is 24.3 Å². The predicted molar refractivity (Wildman–Crippen MR) is 75.8 cm³/mol. The van der Waals surface area contributed by atoms with Crippen LogP contribution in [0, 0.1) is 6.92 Å². The van der Waals surface area contributed by atoms with Crippen LogP contribution in [0.3, 0.4) is 0 Å². The number of nitrogens with zero attached hydrogens (tertiary/aromatic N) is 1. The molecule has 0 amide bonds. The molecule has 2 atom stereocenters. The number of aryl methyl sites for hydroxylation is 2. The SMILES string of the molecule is Cc1ccccc1CCCN1CC[C@H](O)C[C@@H]1C. The van der Waals surface area contributed by atoms with E-state index in [-0.39, 0.29) is 6.10 Å². The predicted octanol–water partition coefficient (Wildman–Crippen LogP) is 2.77. The third-order valence-corrected chi connectivity index (χ3v) is 4.14. The van der Waals surface area contributed by atoms with Gasteiger partial charge < -0.3 is 10.0 Å². The van der Waals surface area contributed by atoms with Gasteiger partial charge in [-0.2, -0.15) is 0 Å². The van der Waals surface area contributed by atoms with Crippen molar-refractivity contribution >= 4 is 0 Å². The number of hydrogen-bond acceptors (Lipinski definition) is 2. The molecule has 1 N–H and O–H groups in total. The maximum absolute atomic E-state index is 9.61. The molecule has 0 spiro atoms. The molecule has 2 heteroatoms. The van der Waals surface area contributed by atoms with Crippen LogP contribution >= 0.6 is 0 Å². The summed E-state index contributed by atoms with van der Waals surface area (Å²) < 4.78 is 0. The molecule has 0 bridgehead atoms. The molecule has 1 heterocycles. The molecule has 0 unspecified atom stereocenters. The van der Waals surface area contributed by atoms with Crippen molar-refractivity contribution in [3.8, 4) is 0 Å². The number of benzene rings is 1. The number of piperidine rings is 1. The molecule has 0 saturated carbocycles. The topological polar surface area (TPSA) is 23.5 Å². The van der Waals surface area contributed by atoms with Gasteiger partial charge in [0.2, 0.25) is 0 Å².